The number of hydrogen-bond donors (Lipinski definition) is 0. The van der Waals surface area contributed by atoms with Crippen molar-refractivity contribution in [3.05, 3.63) is 249 Å². The lowest BCUT2D eigenvalue weighted by atomic mass is 9.33. The Morgan fingerprint density at radius 2 is 0.683 bits per heavy atom. The quantitative estimate of drug-likeness (QED) is 0.148. The molecule has 0 bridgehead atoms. The van der Waals surface area contributed by atoms with Crippen LogP contribution in [0.15, 0.2) is 249 Å². The van der Waals surface area contributed by atoms with E-state index in [-0.39, 0.29) is 6.71 Å². The van der Waals surface area contributed by atoms with Gasteiger partial charge < -0.3 is 9.80 Å². The van der Waals surface area contributed by atoms with Gasteiger partial charge in [-0.3, -0.25) is 0 Å². The van der Waals surface area contributed by atoms with Gasteiger partial charge in [0.25, 0.3) is 6.71 Å². The first-order valence-electron chi connectivity index (χ1n) is 21.8. The van der Waals surface area contributed by atoms with Crippen molar-refractivity contribution in [1.82, 2.24) is 0 Å². The van der Waals surface area contributed by atoms with Crippen LogP contribution in [0.2, 0.25) is 0 Å². The molecule has 3 heteroatoms. The predicted molar refractivity (Wildman–Crippen MR) is 268 cm³/mol. The molecule has 0 unspecified atom stereocenters. The van der Waals surface area contributed by atoms with E-state index in [1.54, 1.807) is 0 Å². The number of rotatable bonds is 7. The van der Waals surface area contributed by atoms with E-state index < -0.39 is 0 Å². The monoisotopic (exact) mass is 800 g/mol. The first-order chi connectivity index (χ1) is 31.3. The van der Waals surface area contributed by atoms with Crippen LogP contribution in [0, 0.1) is 0 Å². The Morgan fingerprint density at radius 1 is 0.254 bits per heavy atom. The smallest absolute Gasteiger partial charge is 0.252 e. The maximum Gasteiger partial charge on any atom is 0.252 e. The molecule has 0 aromatic heterocycles. The van der Waals surface area contributed by atoms with Gasteiger partial charge in [-0.1, -0.05) is 200 Å². The fraction of sp³-hybridized carbons (Fsp3) is 0. The molecular formula is C60H41BN2. The summed E-state index contributed by atoms with van der Waals surface area (Å²) < 4.78 is 0. The number of benzene rings is 10. The summed E-state index contributed by atoms with van der Waals surface area (Å²) in [5.41, 5.74) is 22.8. The molecule has 2 nitrogen and oxygen atoms in total. The maximum atomic E-state index is 2.56. The van der Waals surface area contributed by atoms with Crippen LogP contribution in [0.3, 0.4) is 0 Å². The summed E-state index contributed by atoms with van der Waals surface area (Å²) in [5, 5.41) is 0. The van der Waals surface area contributed by atoms with E-state index in [2.05, 4.69) is 259 Å². The van der Waals surface area contributed by atoms with Gasteiger partial charge in [0.2, 0.25) is 0 Å². The van der Waals surface area contributed by atoms with Crippen molar-refractivity contribution < 1.29 is 0 Å². The van der Waals surface area contributed by atoms with E-state index in [9.17, 15) is 0 Å². The van der Waals surface area contributed by atoms with E-state index in [4.69, 9.17) is 0 Å². The molecule has 2 aliphatic heterocycles. The third-order valence-electron chi connectivity index (χ3n) is 12.8. The molecule has 10 aromatic carbocycles. The third-order valence-corrected chi connectivity index (χ3v) is 12.8. The molecule has 0 saturated carbocycles. The molecule has 0 spiro atoms. The minimum absolute atomic E-state index is 0.0170. The SMILES string of the molecule is c1ccc(-c2ccc3c(c2)B2c4ccccc4N(c4cc(-c5ccccc5)c(-c5ccccc5)c(-c5ccccc5)c4)c4cc(-c5ccccc5)cc(c42)N3c2ccccc2)cc1. The van der Waals surface area contributed by atoms with Crippen molar-refractivity contribution in [3.8, 4) is 55.6 Å². The van der Waals surface area contributed by atoms with Crippen molar-refractivity contribution >= 4 is 57.2 Å². The molecule has 0 fully saturated rings. The lowest BCUT2D eigenvalue weighted by Gasteiger charge is -2.44. The Kier molecular flexibility index (Phi) is 8.97. The van der Waals surface area contributed by atoms with Crippen LogP contribution < -0.4 is 26.2 Å². The van der Waals surface area contributed by atoms with Crippen LogP contribution in [0.1, 0.15) is 0 Å². The van der Waals surface area contributed by atoms with E-state index in [0.717, 1.165) is 11.4 Å². The van der Waals surface area contributed by atoms with Crippen LogP contribution in [-0.4, -0.2) is 6.71 Å². The second kappa shape index (κ2) is 15.4. The van der Waals surface area contributed by atoms with Crippen molar-refractivity contribution in [2.45, 2.75) is 0 Å². The van der Waals surface area contributed by atoms with Gasteiger partial charge in [-0.15, -0.1) is 0 Å². The molecule has 0 amide bonds. The molecule has 2 aliphatic rings. The summed E-state index contributed by atoms with van der Waals surface area (Å²) in [6.07, 6.45) is 0. The van der Waals surface area contributed by atoms with Crippen molar-refractivity contribution in [2.75, 3.05) is 9.80 Å². The molecule has 0 N–H and O–H groups in total. The highest BCUT2D eigenvalue weighted by Gasteiger charge is 2.44. The average Bonchev–Trinajstić information content (AvgIpc) is 3.37. The molecule has 0 atom stereocenters. The minimum Gasteiger partial charge on any atom is -0.311 e. The zero-order chi connectivity index (χ0) is 41.7. The molecule has 2 heterocycles. The van der Waals surface area contributed by atoms with Crippen LogP contribution >= 0.6 is 0 Å². The second-order valence-corrected chi connectivity index (χ2v) is 16.4. The molecule has 0 aliphatic carbocycles. The zero-order valence-electron chi connectivity index (χ0n) is 34.6. The third kappa shape index (κ3) is 6.28. The second-order valence-electron chi connectivity index (χ2n) is 16.4. The number of anilines is 6. The maximum absolute atomic E-state index is 2.56. The number of hydrogen-bond acceptors (Lipinski definition) is 2. The summed E-state index contributed by atoms with van der Waals surface area (Å²) in [5.74, 6) is 0. The molecule has 0 radical (unpaired) electrons. The summed E-state index contributed by atoms with van der Waals surface area (Å²) in [6, 6.07) is 91.2. The molecule has 63 heavy (non-hydrogen) atoms. The number of nitrogens with zero attached hydrogens (tertiary/aromatic N) is 2. The Balaban J connectivity index is 1.20. The van der Waals surface area contributed by atoms with Gasteiger partial charge >= 0.3 is 0 Å². The molecule has 294 valence electrons. The van der Waals surface area contributed by atoms with Gasteiger partial charge in [-0.25, -0.2) is 0 Å². The Bertz CT molecular complexity index is 3200. The highest BCUT2D eigenvalue weighted by molar-refractivity contribution is 7.00. The highest BCUT2D eigenvalue weighted by Crippen LogP contribution is 2.50. The lowest BCUT2D eigenvalue weighted by molar-refractivity contribution is 1.25. The van der Waals surface area contributed by atoms with Crippen LogP contribution in [0.5, 0.6) is 0 Å². The molecule has 0 saturated heterocycles. The van der Waals surface area contributed by atoms with Gasteiger partial charge in [0.15, 0.2) is 0 Å². The summed E-state index contributed by atoms with van der Waals surface area (Å²) in [7, 11) is 0. The Hall–Kier alpha value is -8.14. The van der Waals surface area contributed by atoms with Crippen LogP contribution in [0.25, 0.3) is 55.6 Å². The predicted octanol–water partition coefficient (Wildman–Crippen LogP) is 14.1. The topological polar surface area (TPSA) is 6.48 Å². The molecule has 12 rings (SSSR count). The number of para-hydroxylation sites is 2. The van der Waals surface area contributed by atoms with E-state index in [0.29, 0.717) is 0 Å². The number of fused-ring (bicyclic) bond motifs is 4. The van der Waals surface area contributed by atoms with Crippen molar-refractivity contribution in [3.63, 3.8) is 0 Å². The summed E-state index contributed by atoms with van der Waals surface area (Å²) in [4.78, 5) is 5.06. The average molecular weight is 801 g/mol. The molecular weight excluding hydrogens is 759 g/mol. The Morgan fingerprint density at radius 3 is 1.24 bits per heavy atom. The van der Waals surface area contributed by atoms with E-state index >= 15 is 0 Å². The first-order valence-corrected chi connectivity index (χ1v) is 21.8. The standard InChI is InChI=1S/C60H41BN2/c1-7-21-42(22-8-1)47-35-36-56-54(37-47)61-53-33-19-20-34-55(53)63(58-39-48(43-23-9-2-10-24-43)38-57(60(58)61)62(56)49-31-17-6-18-32-49)50-40-51(44-25-11-3-12-26-44)59(46-29-15-5-16-30-46)52(41-50)45-27-13-4-14-28-45/h1-41H. The van der Waals surface area contributed by atoms with Gasteiger partial charge in [0, 0.05) is 34.1 Å². The Labute approximate surface area is 369 Å². The van der Waals surface area contributed by atoms with Crippen molar-refractivity contribution in [1.29, 1.82) is 0 Å². The fourth-order valence-electron chi connectivity index (χ4n) is 10.1. The van der Waals surface area contributed by atoms with E-state index in [1.165, 1.54) is 94.8 Å². The fourth-order valence-corrected chi connectivity index (χ4v) is 10.1. The lowest BCUT2D eigenvalue weighted by Crippen LogP contribution is -2.61. The van der Waals surface area contributed by atoms with E-state index in [1.807, 2.05) is 0 Å². The normalized spacial score (nSPS) is 12.3. The van der Waals surface area contributed by atoms with Crippen LogP contribution in [-0.2, 0) is 0 Å². The first kappa shape index (κ1) is 36.7. The largest absolute Gasteiger partial charge is 0.311 e. The highest BCUT2D eigenvalue weighted by atomic mass is 15.2. The van der Waals surface area contributed by atoms with Crippen LogP contribution in [0.4, 0.5) is 34.1 Å². The van der Waals surface area contributed by atoms with Gasteiger partial charge in [-0.05, 0) is 121 Å². The van der Waals surface area contributed by atoms with Gasteiger partial charge in [0.1, 0.15) is 0 Å². The minimum atomic E-state index is -0.0170. The molecule has 10 aromatic rings. The van der Waals surface area contributed by atoms with Crippen molar-refractivity contribution in [2.24, 2.45) is 0 Å². The zero-order valence-corrected chi connectivity index (χ0v) is 34.6. The summed E-state index contributed by atoms with van der Waals surface area (Å²) >= 11 is 0. The van der Waals surface area contributed by atoms with Gasteiger partial charge in [-0.2, -0.15) is 0 Å². The van der Waals surface area contributed by atoms with Gasteiger partial charge in [0.05, 0.1) is 0 Å². The summed E-state index contributed by atoms with van der Waals surface area (Å²) in [6.45, 7) is -0.0170.